The molecule has 29 heavy (non-hydrogen) atoms. The highest BCUT2D eigenvalue weighted by Crippen LogP contribution is 2.38. The van der Waals surface area contributed by atoms with E-state index < -0.39 is 6.04 Å². The van der Waals surface area contributed by atoms with Crippen LogP contribution in [-0.2, 0) is 23.0 Å². The monoisotopic (exact) mass is 408 g/mol. The third-order valence-electron chi connectivity index (χ3n) is 5.02. The third-order valence-corrected chi connectivity index (χ3v) is 5.25. The van der Waals surface area contributed by atoms with Crippen molar-refractivity contribution in [2.24, 2.45) is 7.05 Å². The average Bonchev–Trinajstić information content (AvgIpc) is 3.05. The molecule has 0 unspecified atom stereocenters. The summed E-state index contributed by atoms with van der Waals surface area (Å²) in [6, 6.07) is 9.38. The van der Waals surface area contributed by atoms with Crippen LogP contribution in [0.25, 0.3) is 11.6 Å². The standard InChI is InChI=1S/C22H21ClN4O2/c1-27-13-24-11-20(27)22(26-21(28)12-29-2)18-8-15-4-3-7-25-19(15)9-14-5-6-16(23)10-17(14)18/h3-8,10-11,13,22H,9,12H2,1-2H3,(H,26,28)/t22-/m1/s1. The number of benzene rings is 1. The van der Waals surface area contributed by atoms with Crippen molar-refractivity contribution in [3.05, 3.63) is 82.2 Å². The van der Waals surface area contributed by atoms with Crippen molar-refractivity contribution in [1.82, 2.24) is 19.9 Å². The number of methoxy groups -OCH3 is 1. The second-order valence-electron chi connectivity index (χ2n) is 6.98. The van der Waals surface area contributed by atoms with Gasteiger partial charge in [0, 0.05) is 31.8 Å². The molecule has 1 aliphatic carbocycles. The van der Waals surface area contributed by atoms with Crippen LogP contribution in [0.15, 0.2) is 49.1 Å². The van der Waals surface area contributed by atoms with E-state index in [9.17, 15) is 4.79 Å². The first kappa shape index (κ1) is 19.4. The number of fused-ring (bicyclic) bond motifs is 2. The van der Waals surface area contributed by atoms with E-state index in [1.165, 1.54) is 7.11 Å². The van der Waals surface area contributed by atoms with Gasteiger partial charge in [-0.05, 0) is 46.5 Å². The number of aromatic nitrogens is 3. The highest BCUT2D eigenvalue weighted by atomic mass is 35.5. The Balaban J connectivity index is 1.92. The zero-order chi connectivity index (χ0) is 20.4. The maximum atomic E-state index is 12.5. The molecule has 0 spiro atoms. The van der Waals surface area contributed by atoms with Crippen molar-refractivity contribution < 1.29 is 9.53 Å². The Morgan fingerprint density at radius 1 is 1.38 bits per heavy atom. The predicted octanol–water partition coefficient (Wildman–Crippen LogP) is 3.42. The summed E-state index contributed by atoms with van der Waals surface area (Å²) < 4.78 is 6.92. The Hall–Kier alpha value is -2.96. The molecule has 0 bridgehead atoms. The maximum Gasteiger partial charge on any atom is 0.246 e. The number of nitrogens with one attached hydrogen (secondary N) is 1. The van der Waals surface area contributed by atoms with E-state index in [4.69, 9.17) is 16.3 Å². The van der Waals surface area contributed by atoms with Gasteiger partial charge in [-0.2, -0.15) is 0 Å². The van der Waals surface area contributed by atoms with E-state index in [1.54, 1.807) is 18.7 Å². The van der Waals surface area contributed by atoms with Crippen LogP contribution in [0.5, 0.6) is 0 Å². The number of ether oxygens (including phenoxy) is 1. The summed E-state index contributed by atoms with van der Waals surface area (Å²) in [6.07, 6.45) is 8.04. The molecular formula is C22H21ClN4O2. The number of carbonyl (C=O) groups is 1. The summed E-state index contributed by atoms with van der Waals surface area (Å²) >= 11 is 6.36. The van der Waals surface area contributed by atoms with Crippen LogP contribution in [0.4, 0.5) is 0 Å². The van der Waals surface area contributed by atoms with Crippen LogP contribution < -0.4 is 5.32 Å². The van der Waals surface area contributed by atoms with E-state index in [2.05, 4.69) is 21.4 Å². The smallest absolute Gasteiger partial charge is 0.246 e. The van der Waals surface area contributed by atoms with Crippen molar-refractivity contribution in [2.45, 2.75) is 12.5 Å². The number of hydrogen-bond donors (Lipinski definition) is 1. The zero-order valence-corrected chi connectivity index (χ0v) is 17.0. The second kappa shape index (κ2) is 8.19. The first-order valence-electron chi connectivity index (χ1n) is 9.25. The molecule has 0 saturated heterocycles. The van der Waals surface area contributed by atoms with E-state index in [1.807, 2.05) is 41.9 Å². The minimum Gasteiger partial charge on any atom is -0.375 e. The largest absolute Gasteiger partial charge is 0.375 e. The van der Waals surface area contributed by atoms with Gasteiger partial charge in [-0.3, -0.25) is 9.78 Å². The first-order valence-corrected chi connectivity index (χ1v) is 9.63. The molecule has 1 N–H and O–H groups in total. The quantitative estimate of drug-likeness (QED) is 0.702. The lowest BCUT2D eigenvalue weighted by molar-refractivity contribution is -0.125. The first-order chi connectivity index (χ1) is 14.1. The minimum absolute atomic E-state index is 0.0256. The number of carbonyl (C=O) groups excluding carboxylic acids is 1. The van der Waals surface area contributed by atoms with Gasteiger partial charge >= 0.3 is 0 Å². The van der Waals surface area contributed by atoms with Crippen molar-refractivity contribution in [2.75, 3.05) is 13.7 Å². The molecule has 0 aliphatic heterocycles. The van der Waals surface area contributed by atoms with Gasteiger partial charge in [-0.1, -0.05) is 23.7 Å². The molecule has 2 heterocycles. The lowest BCUT2D eigenvalue weighted by Crippen LogP contribution is -2.33. The third kappa shape index (κ3) is 3.95. The van der Waals surface area contributed by atoms with Crippen molar-refractivity contribution in [1.29, 1.82) is 0 Å². The Kier molecular flexibility index (Phi) is 5.47. The second-order valence-corrected chi connectivity index (χ2v) is 7.42. The number of halogens is 1. The van der Waals surface area contributed by atoms with E-state index in [-0.39, 0.29) is 12.5 Å². The number of nitrogens with zero attached hydrogens (tertiary/aromatic N) is 3. The molecule has 0 saturated carbocycles. The van der Waals surface area contributed by atoms with Crippen LogP contribution in [0.2, 0.25) is 5.02 Å². The molecule has 0 fully saturated rings. The molecule has 1 amide bonds. The molecule has 1 aliphatic rings. The van der Waals surface area contributed by atoms with E-state index in [0.717, 1.165) is 33.7 Å². The van der Waals surface area contributed by atoms with Gasteiger partial charge in [0.25, 0.3) is 0 Å². The van der Waals surface area contributed by atoms with Gasteiger partial charge < -0.3 is 14.6 Å². The van der Waals surface area contributed by atoms with Gasteiger partial charge in [-0.25, -0.2) is 4.98 Å². The number of imidazole rings is 1. The predicted molar refractivity (Wildman–Crippen MR) is 112 cm³/mol. The molecule has 148 valence electrons. The summed E-state index contributed by atoms with van der Waals surface area (Å²) in [4.78, 5) is 21.3. The van der Waals surface area contributed by atoms with Gasteiger partial charge in [0.15, 0.2) is 0 Å². The normalized spacial score (nSPS) is 13.7. The number of pyridine rings is 1. The lowest BCUT2D eigenvalue weighted by atomic mass is 9.92. The van der Waals surface area contributed by atoms with Gasteiger partial charge in [0.05, 0.1) is 30.0 Å². The molecule has 7 heteroatoms. The lowest BCUT2D eigenvalue weighted by Gasteiger charge is -2.24. The fourth-order valence-corrected chi connectivity index (χ4v) is 3.83. The number of aryl methyl sites for hydroxylation is 1. The Morgan fingerprint density at radius 2 is 2.24 bits per heavy atom. The van der Waals surface area contributed by atoms with Gasteiger partial charge in [-0.15, -0.1) is 0 Å². The van der Waals surface area contributed by atoms with E-state index >= 15 is 0 Å². The van der Waals surface area contributed by atoms with Crippen LogP contribution in [0, 0.1) is 0 Å². The molecule has 1 atom stereocenters. The molecule has 1 aromatic carbocycles. The number of rotatable bonds is 5. The Morgan fingerprint density at radius 3 is 3.00 bits per heavy atom. The highest BCUT2D eigenvalue weighted by molar-refractivity contribution is 6.30. The van der Waals surface area contributed by atoms with Crippen LogP contribution >= 0.6 is 11.6 Å². The average molecular weight is 409 g/mol. The van der Waals surface area contributed by atoms with Crippen molar-refractivity contribution in [3.8, 4) is 0 Å². The van der Waals surface area contributed by atoms with Gasteiger partial charge in [0.2, 0.25) is 5.91 Å². The van der Waals surface area contributed by atoms with Crippen molar-refractivity contribution >= 4 is 29.2 Å². The van der Waals surface area contributed by atoms with Crippen LogP contribution in [0.1, 0.15) is 34.1 Å². The van der Waals surface area contributed by atoms with E-state index in [0.29, 0.717) is 11.4 Å². The molecular weight excluding hydrogens is 388 g/mol. The number of amides is 1. The molecule has 2 aromatic heterocycles. The van der Waals surface area contributed by atoms with Gasteiger partial charge in [0.1, 0.15) is 6.61 Å². The van der Waals surface area contributed by atoms with Crippen LogP contribution in [0.3, 0.4) is 0 Å². The number of hydrogen-bond acceptors (Lipinski definition) is 4. The summed E-state index contributed by atoms with van der Waals surface area (Å²) in [5.41, 5.74) is 5.88. The minimum atomic E-state index is -0.423. The molecule has 0 radical (unpaired) electrons. The fraction of sp³-hybridized carbons (Fsp3) is 0.227. The SMILES string of the molecule is COCC(=O)N[C@H](C1=Cc2cccnc2Cc2ccc(Cl)cc21)c1cncn1C. The maximum absolute atomic E-state index is 12.5. The summed E-state index contributed by atoms with van der Waals surface area (Å²) in [6.45, 7) is -0.0256. The topological polar surface area (TPSA) is 69.0 Å². The fourth-order valence-electron chi connectivity index (χ4n) is 3.66. The molecule has 4 rings (SSSR count). The Bertz CT molecular complexity index is 1090. The summed E-state index contributed by atoms with van der Waals surface area (Å²) in [5, 5.41) is 3.73. The van der Waals surface area contributed by atoms with Crippen LogP contribution in [-0.4, -0.2) is 34.2 Å². The summed E-state index contributed by atoms with van der Waals surface area (Å²) in [7, 11) is 3.41. The molecule has 3 aromatic rings. The zero-order valence-electron chi connectivity index (χ0n) is 16.2. The highest BCUT2D eigenvalue weighted by Gasteiger charge is 2.27. The van der Waals surface area contributed by atoms with Crippen molar-refractivity contribution in [3.63, 3.8) is 0 Å². The summed E-state index contributed by atoms with van der Waals surface area (Å²) in [5.74, 6) is -0.209. The Labute approximate surface area is 174 Å². The molecule has 6 nitrogen and oxygen atoms in total.